The van der Waals surface area contributed by atoms with Gasteiger partial charge < -0.3 is 10.2 Å². The Labute approximate surface area is 125 Å². The highest BCUT2D eigenvalue weighted by atomic mass is 35.5. The van der Waals surface area contributed by atoms with Gasteiger partial charge in [0.2, 0.25) is 0 Å². The van der Waals surface area contributed by atoms with Crippen LogP contribution in [-0.4, -0.2) is 19.1 Å². The third kappa shape index (κ3) is 3.50. The van der Waals surface area contributed by atoms with Crippen LogP contribution in [0, 0.1) is 6.92 Å². The van der Waals surface area contributed by atoms with Crippen molar-refractivity contribution in [2.24, 2.45) is 0 Å². The molecule has 1 heterocycles. The number of para-hydroxylation sites is 1. The van der Waals surface area contributed by atoms with Crippen molar-refractivity contribution in [3.8, 4) is 0 Å². The zero-order chi connectivity index (χ0) is 14.5. The molecule has 0 amide bonds. The number of nitrogens with one attached hydrogen (secondary N) is 1. The van der Waals surface area contributed by atoms with Crippen LogP contribution in [0.2, 0.25) is 5.02 Å². The van der Waals surface area contributed by atoms with Gasteiger partial charge in [-0.15, -0.1) is 0 Å². The molecule has 1 aromatic carbocycles. The highest BCUT2D eigenvalue weighted by molar-refractivity contribution is 6.33. The standard InChI is InChI=1S/C16H20ClN3/c1-12-6-4-8-14(19-12)11-20(3)16-13(10-18-2)7-5-9-15(16)17/h4-9,18H,10-11H2,1-3H3. The number of nitrogens with zero attached hydrogens (tertiary/aromatic N) is 2. The van der Waals surface area contributed by atoms with E-state index in [1.54, 1.807) is 0 Å². The lowest BCUT2D eigenvalue weighted by molar-refractivity contribution is 0.801. The number of benzene rings is 1. The Morgan fingerprint density at radius 1 is 1.20 bits per heavy atom. The predicted molar refractivity (Wildman–Crippen MR) is 85.3 cm³/mol. The van der Waals surface area contributed by atoms with Crippen molar-refractivity contribution in [2.45, 2.75) is 20.0 Å². The fourth-order valence-electron chi connectivity index (χ4n) is 2.33. The van der Waals surface area contributed by atoms with E-state index >= 15 is 0 Å². The van der Waals surface area contributed by atoms with E-state index in [2.05, 4.69) is 21.3 Å². The summed E-state index contributed by atoms with van der Waals surface area (Å²) in [6.07, 6.45) is 0. The minimum atomic E-state index is 0.738. The van der Waals surface area contributed by atoms with Gasteiger partial charge in [-0.2, -0.15) is 0 Å². The number of hydrogen-bond donors (Lipinski definition) is 1. The molecule has 0 unspecified atom stereocenters. The fourth-order valence-corrected chi connectivity index (χ4v) is 2.67. The lowest BCUT2D eigenvalue weighted by atomic mass is 10.1. The molecule has 0 saturated heterocycles. The van der Waals surface area contributed by atoms with Gasteiger partial charge in [-0.05, 0) is 37.7 Å². The summed E-state index contributed by atoms with van der Waals surface area (Å²) in [6.45, 7) is 3.54. The third-order valence-corrected chi connectivity index (χ3v) is 3.47. The molecule has 106 valence electrons. The Balaban J connectivity index is 2.26. The summed E-state index contributed by atoms with van der Waals surface area (Å²) in [5.74, 6) is 0. The Bertz CT molecular complexity index is 584. The molecule has 4 heteroatoms. The molecular formula is C16H20ClN3. The summed E-state index contributed by atoms with van der Waals surface area (Å²) in [5, 5.41) is 3.95. The quantitative estimate of drug-likeness (QED) is 0.914. The first-order valence-corrected chi connectivity index (χ1v) is 7.05. The van der Waals surface area contributed by atoms with Gasteiger partial charge in [0.05, 0.1) is 22.9 Å². The topological polar surface area (TPSA) is 28.2 Å². The molecule has 1 N–H and O–H groups in total. The molecule has 0 spiro atoms. The van der Waals surface area contributed by atoms with Gasteiger partial charge in [0.15, 0.2) is 0 Å². The molecule has 2 rings (SSSR count). The number of halogens is 1. The molecule has 0 bridgehead atoms. The van der Waals surface area contributed by atoms with E-state index in [1.807, 2.05) is 51.4 Å². The zero-order valence-corrected chi connectivity index (χ0v) is 12.9. The average Bonchev–Trinajstić information content (AvgIpc) is 2.39. The van der Waals surface area contributed by atoms with Crippen molar-refractivity contribution in [1.82, 2.24) is 10.3 Å². The molecule has 0 aliphatic rings. The maximum Gasteiger partial charge on any atom is 0.0642 e. The van der Waals surface area contributed by atoms with Crippen molar-refractivity contribution in [1.29, 1.82) is 0 Å². The molecule has 0 aliphatic carbocycles. The first-order valence-electron chi connectivity index (χ1n) is 6.67. The number of aryl methyl sites for hydroxylation is 1. The molecule has 0 atom stereocenters. The van der Waals surface area contributed by atoms with Gasteiger partial charge in [0.25, 0.3) is 0 Å². The predicted octanol–water partition coefficient (Wildman–Crippen LogP) is 3.40. The number of pyridine rings is 1. The van der Waals surface area contributed by atoms with Gasteiger partial charge in [-0.1, -0.05) is 29.8 Å². The summed E-state index contributed by atoms with van der Waals surface area (Å²) < 4.78 is 0. The van der Waals surface area contributed by atoms with E-state index < -0.39 is 0 Å². The first kappa shape index (κ1) is 14.8. The minimum Gasteiger partial charge on any atom is -0.367 e. The van der Waals surface area contributed by atoms with Gasteiger partial charge in [0, 0.05) is 19.3 Å². The maximum atomic E-state index is 6.37. The highest BCUT2D eigenvalue weighted by Gasteiger charge is 2.12. The van der Waals surface area contributed by atoms with Gasteiger partial charge in [-0.3, -0.25) is 4.98 Å². The second-order valence-corrected chi connectivity index (χ2v) is 5.31. The van der Waals surface area contributed by atoms with E-state index in [0.29, 0.717) is 0 Å². The van der Waals surface area contributed by atoms with Crippen LogP contribution in [-0.2, 0) is 13.1 Å². The molecule has 2 aromatic rings. The second-order valence-electron chi connectivity index (χ2n) is 4.90. The average molecular weight is 290 g/mol. The van der Waals surface area contributed by atoms with Crippen molar-refractivity contribution in [3.05, 3.63) is 58.4 Å². The van der Waals surface area contributed by atoms with Crippen LogP contribution < -0.4 is 10.2 Å². The van der Waals surface area contributed by atoms with Crippen molar-refractivity contribution < 1.29 is 0 Å². The second kappa shape index (κ2) is 6.73. The van der Waals surface area contributed by atoms with Gasteiger partial charge in [-0.25, -0.2) is 0 Å². The smallest absolute Gasteiger partial charge is 0.0642 e. The third-order valence-electron chi connectivity index (χ3n) is 3.16. The van der Waals surface area contributed by atoms with Gasteiger partial charge >= 0.3 is 0 Å². The van der Waals surface area contributed by atoms with E-state index in [9.17, 15) is 0 Å². The van der Waals surface area contributed by atoms with Gasteiger partial charge in [0.1, 0.15) is 0 Å². The van der Waals surface area contributed by atoms with E-state index in [0.717, 1.165) is 35.2 Å². The van der Waals surface area contributed by atoms with E-state index in [4.69, 9.17) is 11.6 Å². The SMILES string of the molecule is CNCc1cccc(Cl)c1N(C)Cc1cccc(C)n1. The molecular weight excluding hydrogens is 270 g/mol. The molecule has 1 aromatic heterocycles. The van der Waals surface area contributed by atoms with E-state index in [-0.39, 0.29) is 0 Å². The summed E-state index contributed by atoms with van der Waals surface area (Å²) in [6, 6.07) is 12.1. The molecule has 20 heavy (non-hydrogen) atoms. The van der Waals surface area contributed by atoms with Crippen LogP contribution >= 0.6 is 11.6 Å². The van der Waals surface area contributed by atoms with E-state index in [1.165, 1.54) is 5.56 Å². The summed E-state index contributed by atoms with van der Waals surface area (Å²) in [5.41, 5.74) is 4.33. The normalized spacial score (nSPS) is 10.6. The van der Waals surface area contributed by atoms with Crippen molar-refractivity contribution in [2.75, 3.05) is 19.0 Å². The highest BCUT2D eigenvalue weighted by Crippen LogP contribution is 2.30. The Morgan fingerprint density at radius 2 is 1.95 bits per heavy atom. The Morgan fingerprint density at radius 3 is 2.65 bits per heavy atom. The number of anilines is 1. The lowest BCUT2D eigenvalue weighted by Gasteiger charge is -2.23. The summed E-state index contributed by atoms with van der Waals surface area (Å²) in [4.78, 5) is 6.69. The van der Waals surface area contributed by atoms with Crippen LogP contribution in [0.3, 0.4) is 0 Å². The number of aromatic nitrogens is 1. The first-order chi connectivity index (χ1) is 9.61. The molecule has 0 aliphatic heterocycles. The largest absolute Gasteiger partial charge is 0.367 e. The summed E-state index contributed by atoms with van der Waals surface area (Å²) >= 11 is 6.37. The Hall–Kier alpha value is -1.58. The van der Waals surface area contributed by atoms with Crippen LogP contribution in [0.1, 0.15) is 17.0 Å². The fraction of sp³-hybridized carbons (Fsp3) is 0.312. The van der Waals surface area contributed by atoms with Crippen molar-refractivity contribution in [3.63, 3.8) is 0 Å². The lowest BCUT2D eigenvalue weighted by Crippen LogP contribution is -2.20. The van der Waals surface area contributed by atoms with Crippen LogP contribution in [0.25, 0.3) is 0 Å². The van der Waals surface area contributed by atoms with Crippen LogP contribution in [0.5, 0.6) is 0 Å². The zero-order valence-electron chi connectivity index (χ0n) is 12.2. The maximum absolute atomic E-state index is 6.37. The number of hydrogen-bond acceptors (Lipinski definition) is 3. The Kier molecular flexibility index (Phi) is 4.99. The molecule has 0 saturated carbocycles. The molecule has 0 radical (unpaired) electrons. The van der Waals surface area contributed by atoms with Crippen molar-refractivity contribution >= 4 is 17.3 Å². The monoisotopic (exact) mass is 289 g/mol. The molecule has 0 fully saturated rings. The summed E-state index contributed by atoms with van der Waals surface area (Å²) in [7, 11) is 3.98. The van der Waals surface area contributed by atoms with Crippen LogP contribution in [0.4, 0.5) is 5.69 Å². The number of rotatable bonds is 5. The van der Waals surface area contributed by atoms with Crippen LogP contribution in [0.15, 0.2) is 36.4 Å². The minimum absolute atomic E-state index is 0.738. The molecule has 3 nitrogen and oxygen atoms in total.